The molecule has 114 valence electrons. The first-order valence-corrected chi connectivity index (χ1v) is 8.23. The van der Waals surface area contributed by atoms with E-state index in [0.29, 0.717) is 0 Å². The monoisotopic (exact) mass is 300 g/mol. The Morgan fingerprint density at radius 2 is 1.70 bits per heavy atom. The van der Waals surface area contributed by atoms with Gasteiger partial charge in [0.1, 0.15) is 0 Å². The molecule has 0 fully saturated rings. The van der Waals surface area contributed by atoms with Crippen LogP contribution >= 0.6 is 0 Å². The number of anilines is 3. The number of rotatable bonds is 0. The number of para-hydroxylation sites is 1. The summed E-state index contributed by atoms with van der Waals surface area (Å²) in [6.45, 7) is 5.65. The van der Waals surface area contributed by atoms with Crippen LogP contribution in [0.1, 0.15) is 25.0 Å². The van der Waals surface area contributed by atoms with Gasteiger partial charge in [-0.25, -0.2) is 0 Å². The van der Waals surface area contributed by atoms with Crippen molar-refractivity contribution in [1.29, 1.82) is 0 Å². The van der Waals surface area contributed by atoms with Crippen molar-refractivity contribution in [3.8, 4) is 0 Å². The smallest absolute Gasteiger partial charge is 0.0950 e. The minimum atomic E-state index is 0.00319. The van der Waals surface area contributed by atoms with Crippen molar-refractivity contribution >= 4 is 27.8 Å². The van der Waals surface area contributed by atoms with E-state index in [1.165, 1.54) is 39.0 Å². The third-order valence-corrected chi connectivity index (χ3v) is 5.55. The molecule has 0 aromatic heterocycles. The third-order valence-electron chi connectivity index (χ3n) is 5.55. The maximum atomic E-state index is 2.48. The summed E-state index contributed by atoms with van der Waals surface area (Å²) in [7, 11) is 2.18. The fourth-order valence-corrected chi connectivity index (χ4v) is 4.46. The topological polar surface area (TPSA) is 6.48 Å². The molecule has 3 aromatic rings. The molecule has 0 spiro atoms. The summed E-state index contributed by atoms with van der Waals surface area (Å²) in [6.07, 6.45) is 0. The number of hydrogen-bond donors (Lipinski definition) is 0. The molecule has 0 atom stereocenters. The Kier molecular flexibility index (Phi) is 2.31. The molecule has 0 amide bonds. The fraction of sp³-hybridized carbons (Fsp3) is 0.238. The zero-order valence-corrected chi connectivity index (χ0v) is 13.8. The largest absolute Gasteiger partial charge is 0.355 e. The van der Waals surface area contributed by atoms with Crippen molar-refractivity contribution < 1.29 is 0 Å². The van der Waals surface area contributed by atoms with Crippen molar-refractivity contribution in [3.05, 3.63) is 65.7 Å². The molecular formula is C21H20N2. The van der Waals surface area contributed by atoms with Gasteiger partial charge in [0.25, 0.3) is 0 Å². The molecule has 23 heavy (non-hydrogen) atoms. The first-order valence-electron chi connectivity index (χ1n) is 8.23. The maximum absolute atomic E-state index is 2.48. The van der Waals surface area contributed by atoms with E-state index in [4.69, 9.17) is 0 Å². The molecule has 0 saturated heterocycles. The van der Waals surface area contributed by atoms with Gasteiger partial charge in [0.05, 0.1) is 18.0 Å². The lowest BCUT2D eigenvalue weighted by atomic mass is 9.72. The standard InChI is InChI=1S/C21H20N2/c1-21(2)16-9-6-10-18-20(16)23(13-22(18)3)17-12-11-14-7-4-5-8-15(14)19(17)21/h4-12H,13H2,1-3H3. The maximum Gasteiger partial charge on any atom is 0.0950 e. The summed E-state index contributed by atoms with van der Waals surface area (Å²) in [5, 5.41) is 2.70. The Balaban J connectivity index is 1.93. The van der Waals surface area contributed by atoms with Crippen molar-refractivity contribution in [2.75, 3.05) is 23.5 Å². The van der Waals surface area contributed by atoms with Gasteiger partial charge in [-0.3, -0.25) is 0 Å². The van der Waals surface area contributed by atoms with Gasteiger partial charge >= 0.3 is 0 Å². The molecule has 0 unspecified atom stereocenters. The predicted octanol–water partition coefficient (Wildman–Crippen LogP) is 5.02. The molecule has 2 aliphatic heterocycles. The molecule has 3 aromatic carbocycles. The van der Waals surface area contributed by atoms with Gasteiger partial charge in [0.15, 0.2) is 0 Å². The molecule has 2 nitrogen and oxygen atoms in total. The Bertz CT molecular complexity index is 955. The van der Waals surface area contributed by atoms with Crippen LogP contribution in [-0.2, 0) is 5.41 Å². The van der Waals surface area contributed by atoms with E-state index >= 15 is 0 Å². The van der Waals surface area contributed by atoms with Crippen LogP contribution in [0.3, 0.4) is 0 Å². The number of nitrogens with zero attached hydrogens (tertiary/aromatic N) is 2. The molecule has 0 radical (unpaired) electrons. The lowest BCUT2D eigenvalue weighted by Gasteiger charge is -2.40. The zero-order chi connectivity index (χ0) is 15.8. The molecule has 0 saturated carbocycles. The van der Waals surface area contributed by atoms with Crippen LogP contribution in [-0.4, -0.2) is 13.7 Å². The first-order chi connectivity index (χ1) is 11.1. The van der Waals surface area contributed by atoms with Gasteiger partial charge in [-0.15, -0.1) is 0 Å². The fourth-order valence-electron chi connectivity index (χ4n) is 4.46. The summed E-state index contributed by atoms with van der Waals surface area (Å²) < 4.78 is 0. The molecule has 2 heterocycles. The van der Waals surface area contributed by atoms with Gasteiger partial charge in [-0.2, -0.15) is 0 Å². The quantitative estimate of drug-likeness (QED) is 0.575. The molecule has 0 N–H and O–H groups in total. The van der Waals surface area contributed by atoms with E-state index in [0.717, 1.165) is 6.67 Å². The molecular weight excluding hydrogens is 280 g/mol. The highest BCUT2D eigenvalue weighted by Crippen LogP contribution is 2.56. The summed E-state index contributed by atoms with van der Waals surface area (Å²) >= 11 is 0. The third kappa shape index (κ3) is 1.49. The zero-order valence-electron chi connectivity index (χ0n) is 13.8. The Morgan fingerprint density at radius 1 is 0.870 bits per heavy atom. The van der Waals surface area contributed by atoms with E-state index in [9.17, 15) is 0 Å². The normalized spacial score (nSPS) is 17.3. The average Bonchev–Trinajstić information content (AvgIpc) is 2.90. The lowest BCUT2D eigenvalue weighted by molar-refractivity contribution is 0.635. The van der Waals surface area contributed by atoms with Crippen LogP contribution in [0.15, 0.2) is 54.6 Å². The van der Waals surface area contributed by atoms with E-state index in [2.05, 4.69) is 85.3 Å². The second-order valence-corrected chi connectivity index (χ2v) is 7.25. The second-order valence-electron chi connectivity index (χ2n) is 7.25. The Hall–Kier alpha value is -2.48. The first kappa shape index (κ1) is 13.0. The van der Waals surface area contributed by atoms with E-state index in [1.54, 1.807) is 0 Å². The van der Waals surface area contributed by atoms with E-state index < -0.39 is 0 Å². The highest BCUT2D eigenvalue weighted by Gasteiger charge is 2.41. The van der Waals surface area contributed by atoms with Crippen LogP contribution in [0.4, 0.5) is 17.1 Å². The van der Waals surface area contributed by atoms with Crippen molar-refractivity contribution in [3.63, 3.8) is 0 Å². The highest BCUT2D eigenvalue weighted by atomic mass is 15.4. The minimum absolute atomic E-state index is 0.00319. The summed E-state index contributed by atoms with van der Waals surface area (Å²) in [6, 6.07) is 20.1. The van der Waals surface area contributed by atoms with Gasteiger partial charge < -0.3 is 9.80 Å². The molecule has 0 bridgehead atoms. The van der Waals surface area contributed by atoms with Crippen LogP contribution < -0.4 is 9.80 Å². The van der Waals surface area contributed by atoms with E-state index in [1.807, 2.05) is 0 Å². The average molecular weight is 300 g/mol. The molecule has 0 aliphatic carbocycles. The summed E-state index contributed by atoms with van der Waals surface area (Å²) in [5.41, 5.74) is 6.98. The van der Waals surface area contributed by atoms with Crippen LogP contribution in [0, 0.1) is 0 Å². The molecule has 2 aliphatic rings. The Morgan fingerprint density at radius 3 is 2.57 bits per heavy atom. The van der Waals surface area contributed by atoms with Crippen LogP contribution in [0.2, 0.25) is 0 Å². The highest BCUT2D eigenvalue weighted by molar-refractivity contribution is 5.99. The Labute approximate surface area is 137 Å². The second kappa shape index (κ2) is 4.08. The van der Waals surface area contributed by atoms with Gasteiger partial charge in [-0.05, 0) is 34.0 Å². The van der Waals surface area contributed by atoms with Crippen molar-refractivity contribution in [2.45, 2.75) is 19.3 Å². The number of benzene rings is 3. The molecule has 5 rings (SSSR count). The van der Waals surface area contributed by atoms with Crippen LogP contribution in [0.25, 0.3) is 10.8 Å². The summed E-state index contributed by atoms with van der Waals surface area (Å²) in [5.74, 6) is 0. The van der Waals surface area contributed by atoms with Crippen LogP contribution in [0.5, 0.6) is 0 Å². The SMILES string of the molecule is CN1CN2c3ccc4ccccc4c3C(C)(C)c3cccc1c32. The van der Waals surface area contributed by atoms with Crippen molar-refractivity contribution in [1.82, 2.24) is 0 Å². The summed E-state index contributed by atoms with van der Waals surface area (Å²) in [4.78, 5) is 4.83. The predicted molar refractivity (Wildman–Crippen MR) is 97.9 cm³/mol. The van der Waals surface area contributed by atoms with Crippen molar-refractivity contribution in [2.24, 2.45) is 0 Å². The number of fused-ring (bicyclic) bond motifs is 4. The molecule has 2 heteroatoms. The number of hydrogen-bond acceptors (Lipinski definition) is 2. The van der Waals surface area contributed by atoms with Gasteiger partial charge in [0, 0.05) is 18.2 Å². The van der Waals surface area contributed by atoms with E-state index in [-0.39, 0.29) is 5.41 Å². The van der Waals surface area contributed by atoms with Gasteiger partial charge in [0.2, 0.25) is 0 Å². The minimum Gasteiger partial charge on any atom is -0.355 e. The van der Waals surface area contributed by atoms with Gasteiger partial charge in [-0.1, -0.05) is 56.3 Å². The lowest BCUT2D eigenvalue weighted by Crippen LogP contribution is -2.33.